The molecule has 1 saturated carbocycles. The zero-order valence-electron chi connectivity index (χ0n) is 12.2. The lowest BCUT2D eigenvalue weighted by molar-refractivity contribution is -0.117. The number of fused-ring (bicyclic) bond motifs is 1. The van der Waals surface area contributed by atoms with Crippen molar-refractivity contribution in [1.82, 2.24) is 14.8 Å². The number of aromatic nitrogens is 3. The number of amides is 1. The Morgan fingerprint density at radius 2 is 2.30 bits per heavy atom. The Kier molecular flexibility index (Phi) is 3.20. The molecule has 1 fully saturated rings. The standard InChI is InChI=1S/C15H20N4O/c1-9(11-4-5-11)6-14(20)17-12-7-13-10(2)18-19(3)15(13)16-8-12/h7-9,11H,4-6H2,1-3H3,(H,17,20)/t9-/m0/s1. The topological polar surface area (TPSA) is 59.8 Å². The van der Waals surface area contributed by atoms with Crippen molar-refractivity contribution in [1.29, 1.82) is 0 Å². The summed E-state index contributed by atoms with van der Waals surface area (Å²) in [7, 11) is 1.87. The van der Waals surface area contributed by atoms with Crippen LogP contribution in [-0.4, -0.2) is 20.7 Å². The van der Waals surface area contributed by atoms with Crippen LogP contribution in [-0.2, 0) is 11.8 Å². The Hall–Kier alpha value is -1.91. The highest BCUT2D eigenvalue weighted by molar-refractivity contribution is 5.93. The number of rotatable bonds is 4. The van der Waals surface area contributed by atoms with E-state index in [-0.39, 0.29) is 5.91 Å². The van der Waals surface area contributed by atoms with E-state index < -0.39 is 0 Å². The quantitative estimate of drug-likeness (QED) is 0.930. The van der Waals surface area contributed by atoms with Crippen LogP contribution in [0.15, 0.2) is 12.3 Å². The number of carbonyl (C=O) groups is 1. The van der Waals surface area contributed by atoms with E-state index >= 15 is 0 Å². The molecule has 0 aliphatic heterocycles. The Morgan fingerprint density at radius 3 is 3.00 bits per heavy atom. The number of pyridine rings is 1. The SMILES string of the molecule is Cc1nn(C)c2ncc(NC(=O)C[C@H](C)C3CC3)cc12. The van der Waals surface area contributed by atoms with Crippen molar-refractivity contribution in [2.75, 3.05) is 5.32 Å². The Bertz CT molecular complexity index is 657. The van der Waals surface area contributed by atoms with Crippen molar-refractivity contribution in [3.8, 4) is 0 Å². The molecule has 0 saturated heterocycles. The molecule has 106 valence electrons. The van der Waals surface area contributed by atoms with Gasteiger partial charge in [-0.3, -0.25) is 9.48 Å². The number of nitrogens with zero attached hydrogens (tertiary/aromatic N) is 3. The molecule has 0 aromatic carbocycles. The number of aryl methyl sites for hydroxylation is 2. The van der Waals surface area contributed by atoms with Gasteiger partial charge in [-0.1, -0.05) is 6.92 Å². The highest BCUT2D eigenvalue weighted by Crippen LogP contribution is 2.38. The summed E-state index contributed by atoms with van der Waals surface area (Å²) in [6.45, 7) is 4.11. The Balaban J connectivity index is 1.73. The number of anilines is 1. The highest BCUT2D eigenvalue weighted by Gasteiger charge is 2.29. The van der Waals surface area contributed by atoms with E-state index in [4.69, 9.17) is 0 Å². The maximum Gasteiger partial charge on any atom is 0.224 e. The Morgan fingerprint density at radius 1 is 1.55 bits per heavy atom. The number of nitrogens with one attached hydrogen (secondary N) is 1. The summed E-state index contributed by atoms with van der Waals surface area (Å²) in [6.07, 6.45) is 4.84. The van der Waals surface area contributed by atoms with Gasteiger partial charge < -0.3 is 5.32 Å². The molecule has 0 spiro atoms. The first-order valence-electron chi connectivity index (χ1n) is 7.14. The second-order valence-electron chi connectivity index (χ2n) is 5.87. The number of hydrogen-bond acceptors (Lipinski definition) is 3. The van der Waals surface area contributed by atoms with Crippen molar-refractivity contribution in [2.45, 2.75) is 33.1 Å². The average Bonchev–Trinajstić information content (AvgIpc) is 3.18. The third-order valence-electron chi connectivity index (χ3n) is 4.08. The molecule has 1 amide bonds. The molecular formula is C15H20N4O. The van der Waals surface area contributed by atoms with Gasteiger partial charge in [0.2, 0.25) is 5.91 Å². The lowest BCUT2D eigenvalue weighted by Gasteiger charge is -2.10. The summed E-state index contributed by atoms with van der Waals surface area (Å²) < 4.78 is 1.76. The van der Waals surface area contributed by atoms with E-state index in [9.17, 15) is 4.79 Å². The van der Waals surface area contributed by atoms with Crippen LogP contribution in [0.5, 0.6) is 0 Å². The number of carbonyl (C=O) groups excluding carboxylic acids is 1. The first kappa shape index (κ1) is 13.1. The third-order valence-corrected chi connectivity index (χ3v) is 4.08. The van der Waals surface area contributed by atoms with Gasteiger partial charge in [0.15, 0.2) is 5.65 Å². The molecule has 0 unspecified atom stereocenters. The molecule has 20 heavy (non-hydrogen) atoms. The molecule has 1 aliphatic rings. The van der Waals surface area contributed by atoms with Crippen LogP contribution in [0.25, 0.3) is 11.0 Å². The summed E-state index contributed by atoms with van der Waals surface area (Å²) in [5.74, 6) is 1.31. The van der Waals surface area contributed by atoms with Gasteiger partial charge in [0, 0.05) is 18.9 Å². The second kappa shape index (κ2) is 4.89. The van der Waals surface area contributed by atoms with Crippen molar-refractivity contribution in [2.24, 2.45) is 18.9 Å². The summed E-state index contributed by atoms with van der Waals surface area (Å²) >= 11 is 0. The molecule has 0 radical (unpaired) electrons. The minimum atomic E-state index is 0.0760. The van der Waals surface area contributed by atoms with Gasteiger partial charge in [-0.05, 0) is 37.7 Å². The van der Waals surface area contributed by atoms with Gasteiger partial charge in [0.1, 0.15) is 0 Å². The summed E-state index contributed by atoms with van der Waals surface area (Å²) in [6, 6.07) is 1.95. The molecule has 2 aromatic rings. The zero-order valence-corrected chi connectivity index (χ0v) is 12.2. The van der Waals surface area contributed by atoms with Gasteiger partial charge in [-0.2, -0.15) is 5.10 Å². The fourth-order valence-corrected chi connectivity index (χ4v) is 2.71. The van der Waals surface area contributed by atoms with Crippen LogP contribution in [0.2, 0.25) is 0 Å². The monoisotopic (exact) mass is 272 g/mol. The normalized spacial score (nSPS) is 16.4. The molecule has 0 bridgehead atoms. The van der Waals surface area contributed by atoms with E-state index in [1.807, 2.05) is 20.0 Å². The third kappa shape index (κ3) is 2.53. The maximum atomic E-state index is 12.0. The predicted molar refractivity (Wildman–Crippen MR) is 78.4 cm³/mol. The average molecular weight is 272 g/mol. The minimum Gasteiger partial charge on any atom is -0.325 e. The van der Waals surface area contributed by atoms with Gasteiger partial charge in [0.05, 0.1) is 17.6 Å². The van der Waals surface area contributed by atoms with E-state index in [1.165, 1.54) is 12.8 Å². The molecule has 2 aromatic heterocycles. The summed E-state index contributed by atoms with van der Waals surface area (Å²) in [5.41, 5.74) is 2.52. The fourth-order valence-electron chi connectivity index (χ4n) is 2.71. The summed E-state index contributed by atoms with van der Waals surface area (Å²) in [5, 5.41) is 8.26. The van der Waals surface area contributed by atoms with Crippen LogP contribution in [0.3, 0.4) is 0 Å². The Labute approximate surface area is 118 Å². The van der Waals surface area contributed by atoms with Crippen LogP contribution in [0.4, 0.5) is 5.69 Å². The van der Waals surface area contributed by atoms with Gasteiger partial charge >= 0.3 is 0 Å². The lowest BCUT2D eigenvalue weighted by Crippen LogP contribution is -2.16. The number of hydrogen-bond donors (Lipinski definition) is 1. The van der Waals surface area contributed by atoms with E-state index in [0.717, 1.165) is 28.3 Å². The molecule has 1 N–H and O–H groups in total. The largest absolute Gasteiger partial charge is 0.325 e. The van der Waals surface area contributed by atoms with Crippen molar-refractivity contribution in [3.63, 3.8) is 0 Å². The van der Waals surface area contributed by atoms with Crippen molar-refractivity contribution < 1.29 is 4.79 Å². The molecular weight excluding hydrogens is 252 g/mol. The van der Waals surface area contributed by atoms with Crippen molar-refractivity contribution >= 4 is 22.6 Å². The van der Waals surface area contributed by atoms with Gasteiger partial charge in [0.25, 0.3) is 0 Å². The van der Waals surface area contributed by atoms with E-state index in [2.05, 4.69) is 22.3 Å². The van der Waals surface area contributed by atoms with Crippen LogP contribution in [0, 0.1) is 18.8 Å². The predicted octanol–water partition coefficient (Wildman–Crippen LogP) is 2.65. The molecule has 1 atom stereocenters. The van der Waals surface area contributed by atoms with Gasteiger partial charge in [-0.15, -0.1) is 0 Å². The van der Waals surface area contributed by atoms with Crippen LogP contribution < -0.4 is 5.32 Å². The second-order valence-corrected chi connectivity index (χ2v) is 5.87. The van der Waals surface area contributed by atoms with E-state index in [0.29, 0.717) is 12.3 Å². The molecule has 5 nitrogen and oxygen atoms in total. The zero-order chi connectivity index (χ0) is 14.3. The van der Waals surface area contributed by atoms with Crippen LogP contribution in [0.1, 0.15) is 31.9 Å². The smallest absolute Gasteiger partial charge is 0.224 e. The maximum absolute atomic E-state index is 12.0. The van der Waals surface area contributed by atoms with E-state index in [1.54, 1.807) is 10.9 Å². The fraction of sp³-hybridized carbons (Fsp3) is 0.533. The summed E-state index contributed by atoms with van der Waals surface area (Å²) in [4.78, 5) is 16.4. The first-order valence-corrected chi connectivity index (χ1v) is 7.14. The molecule has 3 rings (SSSR count). The van der Waals surface area contributed by atoms with Crippen molar-refractivity contribution in [3.05, 3.63) is 18.0 Å². The highest BCUT2D eigenvalue weighted by atomic mass is 16.1. The minimum absolute atomic E-state index is 0.0760. The molecule has 1 aliphatic carbocycles. The lowest BCUT2D eigenvalue weighted by atomic mass is 10.0. The van der Waals surface area contributed by atoms with Crippen LogP contribution >= 0.6 is 0 Å². The first-order chi connectivity index (χ1) is 9.54. The van der Waals surface area contributed by atoms with Gasteiger partial charge in [-0.25, -0.2) is 4.98 Å². The molecule has 2 heterocycles. The molecule has 5 heteroatoms.